The quantitative estimate of drug-likeness (QED) is 0.897. The molecule has 4 nitrogen and oxygen atoms in total. The summed E-state index contributed by atoms with van der Waals surface area (Å²) in [6, 6.07) is 6.16. The minimum Gasteiger partial charge on any atom is -0.485 e. The molecule has 0 bridgehead atoms. The molecule has 4 heteroatoms. The van der Waals surface area contributed by atoms with Crippen LogP contribution in [-0.2, 0) is 20.2 Å². The Bertz CT molecular complexity index is 546. The summed E-state index contributed by atoms with van der Waals surface area (Å²) in [5.74, 6) is 1.79. The summed E-state index contributed by atoms with van der Waals surface area (Å²) in [6.45, 7) is 5.03. The molecule has 2 rings (SSSR count). The van der Waals surface area contributed by atoms with Crippen molar-refractivity contribution in [1.82, 2.24) is 9.55 Å². The van der Waals surface area contributed by atoms with Gasteiger partial charge in [0.05, 0.1) is 5.69 Å². The Morgan fingerprint density at radius 1 is 1.33 bits per heavy atom. The van der Waals surface area contributed by atoms with E-state index in [1.54, 1.807) is 0 Å². The highest BCUT2D eigenvalue weighted by Gasteiger charge is 2.06. The van der Waals surface area contributed by atoms with E-state index in [9.17, 15) is 0 Å². The summed E-state index contributed by atoms with van der Waals surface area (Å²) in [7, 11) is 1.95. The number of benzene rings is 1. The number of nitrogens with two attached hydrogens (primary N) is 1. The van der Waals surface area contributed by atoms with Crippen LogP contribution in [0.4, 0.5) is 0 Å². The number of aryl methyl sites for hydroxylation is 3. The fourth-order valence-corrected chi connectivity index (χ4v) is 1.91. The van der Waals surface area contributed by atoms with Gasteiger partial charge >= 0.3 is 0 Å². The highest BCUT2D eigenvalue weighted by molar-refractivity contribution is 5.35. The van der Waals surface area contributed by atoms with Crippen molar-refractivity contribution in [1.29, 1.82) is 0 Å². The van der Waals surface area contributed by atoms with Crippen molar-refractivity contribution >= 4 is 0 Å². The van der Waals surface area contributed by atoms with Crippen LogP contribution in [0.1, 0.15) is 22.6 Å². The fourth-order valence-electron chi connectivity index (χ4n) is 1.91. The van der Waals surface area contributed by atoms with E-state index in [2.05, 4.69) is 18.0 Å². The molecule has 1 aromatic heterocycles. The van der Waals surface area contributed by atoms with Crippen molar-refractivity contribution in [3.05, 3.63) is 47.0 Å². The van der Waals surface area contributed by atoms with Gasteiger partial charge in [-0.25, -0.2) is 4.98 Å². The molecule has 0 atom stereocenters. The number of imidazole rings is 1. The third-order valence-corrected chi connectivity index (χ3v) is 2.92. The minimum atomic E-state index is 0.456. The van der Waals surface area contributed by atoms with Gasteiger partial charge < -0.3 is 15.0 Å². The van der Waals surface area contributed by atoms with Gasteiger partial charge in [0.15, 0.2) is 0 Å². The maximum Gasteiger partial charge on any atom is 0.146 e. The molecule has 0 fully saturated rings. The van der Waals surface area contributed by atoms with Crippen LogP contribution in [0, 0.1) is 13.8 Å². The SMILES string of the molecule is Cc1ccc(OCc2nc(CN)cn2C)c(C)c1. The van der Waals surface area contributed by atoms with E-state index in [-0.39, 0.29) is 0 Å². The van der Waals surface area contributed by atoms with Crippen LogP contribution in [0.15, 0.2) is 24.4 Å². The molecule has 0 aliphatic heterocycles. The Hall–Kier alpha value is -1.81. The number of hydrogen-bond donors (Lipinski definition) is 1. The first-order valence-electron chi connectivity index (χ1n) is 6.01. The molecule has 0 unspecified atom stereocenters. The smallest absolute Gasteiger partial charge is 0.146 e. The molecule has 0 radical (unpaired) electrons. The van der Waals surface area contributed by atoms with Gasteiger partial charge in [-0.2, -0.15) is 0 Å². The van der Waals surface area contributed by atoms with Gasteiger partial charge in [0.1, 0.15) is 18.2 Å². The normalized spacial score (nSPS) is 10.7. The summed E-state index contributed by atoms with van der Waals surface area (Å²) in [6.07, 6.45) is 1.93. The number of hydrogen-bond acceptors (Lipinski definition) is 3. The monoisotopic (exact) mass is 245 g/mol. The summed E-state index contributed by atoms with van der Waals surface area (Å²) in [5, 5.41) is 0. The Morgan fingerprint density at radius 3 is 2.72 bits per heavy atom. The Kier molecular flexibility index (Phi) is 3.67. The van der Waals surface area contributed by atoms with Gasteiger partial charge in [-0.1, -0.05) is 17.7 Å². The van der Waals surface area contributed by atoms with E-state index in [1.807, 2.05) is 36.9 Å². The molecule has 1 heterocycles. The molecule has 0 aliphatic carbocycles. The maximum atomic E-state index is 5.79. The molecule has 2 N–H and O–H groups in total. The second-order valence-electron chi connectivity index (χ2n) is 4.52. The van der Waals surface area contributed by atoms with Crippen LogP contribution in [0.25, 0.3) is 0 Å². The Labute approximate surface area is 107 Å². The van der Waals surface area contributed by atoms with Gasteiger partial charge in [0.2, 0.25) is 0 Å². The number of nitrogens with zero attached hydrogens (tertiary/aromatic N) is 2. The number of ether oxygens (including phenoxy) is 1. The lowest BCUT2D eigenvalue weighted by molar-refractivity contribution is 0.289. The zero-order chi connectivity index (χ0) is 13.1. The summed E-state index contributed by atoms with van der Waals surface area (Å²) in [4.78, 5) is 4.40. The van der Waals surface area contributed by atoms with Crippen LogP contribution in [0.3, 0.4) is 0 Å². The first kappa shape index (κ1) is 12.6. The molecular formula is C14H19N3O. The minimum absolute atomic E-state index is 0.456. The zero-order valence-corrected chi connectivity index (χ0v) is 11.1. The first-order chi connectivity index (χ1) is 8.60. The highest BCUT2D eigenvalue weighted by Crippen LogP contribution is 2.19. The maximum absolute atomic E-state index is 5.79. The average Bonchev–Trinajstić information content (AvgIpc) is 2.69. The van der Waals surface area contributed by atoms with Crippen molar-refractivity contribution in [2.24, 2.45) is 12.8 Å². The Balaban J connectivity index is 2.08. The van der Waals surface area contributed by atoms with E-state index in [0.29, 0.717) is 13.2 Å². The molecular weight excluding hydrogens is 226 g/mol. The molecule has 96 valence electrons. The van der Waals surface area contributed by atoms with Crippen molar-refractivity contribution < 1.29 is 4.74 Å². The van der Waals surface area contributed by atoms with E-state index >= 15 is 0 Å². The topological polar surface area (TPSA) is 53.1 Å². The molecule has 0 spiro atoms. The first-order valence-corrected chi connectivity index (χ1v) is 6.01. The molecule has 18 heavy (non-hydrogen) atoms. The second-order valence-corrected chi connectivity index (χ2v) is 4.52. The van der Waals surface area contributed by atoms with Gasteiger partial charge in [-0.05, 0) is 25.5 Å². The van der Waals surface area contributed by atoms with Crippen molar-refractivity contribution in [2.45, 2.75) is 27.0 Å². The van der Waals surface area contributed by atoms with E-state index < -0.39 is 0 Å². The standard InChI is InChI=1S/C14H19N3O/c1-10-4-5-13(11(2)6-10)18-9-14-16-12(7-15)8-17(14)3/h4-6,8H,7,9,15H2,1-3H3. The van der Waals surface area contributed by atoms with Gasteiger partial charge in [-0.15, -0.1) is 0 Å². The molecule has 2 aromatic rings. The van der Waals surface area contributed by atoms with Crippen molar-refractivity contribution in [3.8, 4) is 5.75 Å². The lowest BCUT2D eigenvalue weighted by atomic mass is 10.1. The molecule has 0 saturated heterocycles. The zero-order valence-electron chi connectivity index (χ0n) is 11.1. The fraction of sp³-hybridized carbons (Fsp3) is 0.357. The molecule has 0 saturated carbocycles. The number of aromatic nitrogens is 2. The second kappa shape index (κ2) is 5.23. The van der Waals surface area contributed by atoms with Crippen LogP contribution >= 0.6 is 0 Å². The number of rotatable bonds is 4. The highest BCUT2D eigenvalue weighted by atomic mass is 16.5. The largest absolute Gasteiger partial charge is 0.485 e. The van der Waals surface area contributed by atoms with E-state index in [1.165, 1.54) is 5.56 Å². The molecule has 0 amide bonds. The van der Waals surface area contributed by atoms with E-state index in [0.717, 1.165) is 22.8 Å². The van der Waals surface area contributed by atoms with Gasteiger partial charge in [0, 0.05) is 19.8 Å². The Morgan fingerprint density at radius 2 is 2.11 bits per heavy atom. The lowest BCUT2D eigenvalue weighted by Gasteiger charge is -2.09. The summed E-state index contributed by atoms with van der Waals surface area (Å²) < 4.78 is 7.74. The van der Waals surface area contributed by atoms with Crippen LogP contribution in [0.2, 0.25) is 0 Å². The molecule has 1 aromatic carbocycles. The van der Waals surface area contributed by atoms with E-state index in [4.69, 9.17) is 10.5 Å². The van der Waals surface area contributed by atoms with Crippen molar-refractivity contribution in [3.63, 3.8) is 0 Å². The summed E-state index contributed by atoms with van der Waals surface area (Å²) in [5.41, 5.74) is 8.83. The third-order valence-electron chi connectivity index (χ3n) is 2.92. The predicted molar refractivity (Wildman–Crippen MR) is 71.3 cm³/mol. The summed E-state index contributed by atoms with van der Waals surface area (Å²) >= 11 is 0. The van der Waals surface area contributed by atoms with Crippen molar-refractivity contribution in [2.75, 3.05) is 0 Å². The van der Waals surface area contributed by atoms with Crippen LogP contribution in [-0.4, -0.2) is 9.55 Å². The van der Waals surface area contributed by atoms with Gasteiger partial charge in [0.25, 0.3) is 0 Å². The third kappa shape index (κ3) is 2.71. The van der Waals surface area contributed by atoms with Crippen LogP contribution < -0.4 is 10.5 Å². The van der Waals surface area contributed by atoms with Gasteiger partial charge in [-0.3, -0.25) is 0 Å². The lowest BCUT2D eigenvalue weighted by Crippen LogP contribution is -2.04. The predicted octanol–water partition coefficient (Wildman–Crippen LogP) is 2.07. The molecule has 0 aliphatic rings. The average molecular weight is 245 g/mol. The van der Waals surface area contributed by atoms with Crippen LogP contribution in [0.5, 0.6) is 5.75 Å².